The fourth-order valence-corrected chi connectivity index (χ4v) is 4.60. The van der Waals surface area contributed by atoms with E-state index in [2.05, 4.69) is 63.9 Å². The van der Waals surface area contributed by atoms with Crippen LogP contribution in [-0.2, 0) is 0 Å². The van der Waals surface area contributed by atoms with Gasteiger partial charge in [-0.1, -0.05) is 39.5 Å². The topological polar surface area (TPSA) is 108 Å². The number of hydrogen-bond acceptors (Lipinski definition) is 5. The number of nitrogens with one attached hydrogen (secondary N) is 3. The van der Waals surface area contributed by atoms with Crippen molar-refractivity contribution in [2.45, 2.75) is 20.8 Å². The highest BCUT2D eigenvalue weighted by Crippen LogP contribution is 2.36. The summed E-state index contributed by atoms with van der Waals surface area (Å²) in [6, 6.07) is 16.6. The number of benzene rings is 2. The van der Waals surface area contributed by atoms with Crippen LogP contribution in [0.25, 0.3) is 55.6 Å². The highest BCUT2D eigenvalue weighted by molar-refractivity contribution is 6.01. The Morgan fingerprint density at radius 2 is 1.77 bits per heavy atom. The van der Waals surface area contributed by atoms with Crippen LogP contribution in [0.1, 0.15) is 20.8 Å². The Balaban J connectivity index is 1.41. The van der Waals surface area contributed by atoms with Crippen molar-refractivity contribution in [3.63, 3.8) is 0 Å². The number of fused-ring (bicyclic) bond motifs is 2. The molecule has 0 unspecified atom stereocenters. The van der Waals surface area contributed by atoms with Gasteiger partial charge in [-0.2, -0.15) is 5.10 Å². The van der Waals surface area contributed by atoms with Gasteiger partial charge in [-0.15, -0.1) is 0 Å². The number of aromatic nitrogens is 5. The van der Waals surface area contributed by atoms with Crippen LogP contribution in [0.15, 0.2) is 85.5 Å². The zero-order valence-electron chi connectivity index (χ0n) is 21.9. The molecule has 0 radical (unpaired) electrons. The number of halogens is 1. The molecule has 8 heteroatoms. The van der Waals surface area contributed by atoms with E-state index in [0.717, 1.165) is 61.3 Å². The largest absolute Gasteiger partial charge is 0.399 e. The SMILES string of the molecule is C=C(Nc1cncc(-c2cnc3n[nH]c(-c4cc5c(-c6cc(N)cc(F)c6)cccc5[nH]4)c3c2)c1)C(C)(C)C. The zero-order valence-corrected chi connectivity index (χ0v) is 21.9. The van der Waals surface area contributed by atoms with Crippen LogP contribution in [0.5, 0.6) is 0 Å². The van der Waals surface area contributed by atoms with E-state index in [9.17, 15) is 4.39 Å². The molecular weight excluding hydrogens is 489 g/mol. The third-order valence-corrected chi connectivity index (χ3v) is 6.85. The second-order valence-corrected chi connectivity index (χ2v) is 10.7. The molecule has 0 aliphatic heterocycles. The van der Waals surface area contributed by atoms with Crippen LogP contribution >= 0.6 is 0 Å². The average Bonchev–Trinajstić information content (AvgIpc) is 3.51. The summed E-state index contributed by atoms with van der Waals surface area (Å²) in [7, 11) is 0. The number of nitrogen functional groups attached to an aromatic ring is 1. The minimum Gasteiger partial charge on any atom is -0.399 e. The summed E-state index contributed by atoms with van der Waals surface area (Å²) in [5, 5.41) is 12.8. The summed E-state index contributed by atoms with van der Waals surface area (Å²) < 4.78 is 14.1. The molecule has 0 saturated carbocycles. The van der Waals surface area contributed by atoms with Gasteiger partial charge in [0.1, 0.15) is 5.82 Å². The Labute approximate surface area is 225 Å². The van der Waals surface area contributed by atoms with Crippen molar-refractivity contribution in [1.82, 2.24) is 25.1 Å². The van der Waals surface area contributed by atoms with Crippen LogP contribution < -0.4 is 11.1 Å². The van der Waals surface area contributed by atoms with Gasteiger partial charge in [0.15, 0.2) is 5.65 Å². The van der Waals surface area contributed by atoms with Gasteiger partial charge in [0.25, 0.3) is 0 Å². The maximum absolute atomic E-state index is 14.1. The molecule has 0 aliphatic carbocycles. The summed E-state index contributed by atoms with van der Waals surface area (Å²) in [6.45, 7) is 10.5. The first-order valence-electron chi connectivity index (χ1n) is 12.6. The van der Waals surface area contributed by atoms with E-state index in [0.29, 0.717) is 11.3 Å². The predicted octanol–water partition coefficient (Wildman–Crippen LogP) is 7.53. The van der Waals surface area contributed by atoms with Gasteiger partial charge in [-0.05, 0) is 53.6 Å². The minimum atomic E-state index is -0.368. The summed E-state index contributed by atoms with van der Waals surface area (Å²) in [6.07, 6.45) is 5.39. The lowest BCUT2D eigenvalue weighted by Gasteiger charge is -2.23. The van der Waals surface area contributed by atoms with Gasteiger partial charge in [0, 0.05) is 56.6 Å². The first-order valence-corrected chi connectivity index (χ1v) is 12.6. The summed E-state index contributed by atoms with van der Waals surface area (Å²) in [5.41, 5.74) is 14.6. The lowest BCUT2D eigenvalue weighted by atomic mass is 9.93. The van der Waals surface area contributed by atoms with Gasteiger partial charge < -0.3 is 16.0 Å². The lowest BCUT2D eigenvalue weighted by Crippen LogP contribution is -2.15. The fraction of sp³-hybridized carbons (Fsp3) is 0.129. The van der Waals surface area contributed by atoms with Crippen molar-refractivity contribution >= 4 is 33.3 Å². The molecule has 194 valence electrons. The third kappa shape index (κ3) is 4.61. The molecule has 6 aromatic rings. The molecule has 0 saturated heterocycles. The lowest BCUT2D eigenvalue weighted by molar-refractivity contribution is 0.509. The van der Waals surface area contributed by atoms with Crippen molar-refractivity contribution in [1.29, 1.82) is 0 Å². The monoisotopic (exact) mass is 517 g/mol. The first-order chi connectivity index (χ1) is 18.7. The Hall–Kier alpha value is -4.98. The molecule has 5 N–H and O–H groups in total. The number of anilines is 2. The maximum Gasteiger partial charge on any atom is 0.181 e. The predicted molar refractivity (Wildman–Crippen MR) is 156 cm³/mol. The fourth-order valence-electron chi connectivity index (χ4n) is 4.60. The maximum atomic E-state index is 14.1. The molecule has 39 heavy (non-hydrogen) atoms. The van der Waals surface area contributed by atoms with E-state index in [1.54, 1.807) is 18.5 Å². The van der Waals surface area contributed by atoms with E-state index < -0.39 is 0 Å². The normalized spacial score (nSPS) is 11.8. The molecule has 2 aromatic carbocycles. The molecule has 6 rings (SSSR count). The van der Waals surface area contributed by atoms with Crippen LogP contribution in [0, 0.1) is 11.2 Å². The number of H-pyrrole nitrogens is 2. The van der Waals surface area contributed by atoms with Crippen molar-refractivity contribution < 1.29 is 4.39 Å². The Kier molecular flexibility index (Phi) is 5.68. The minimum absolute atomic E-state index is 0.0805. The van der Waals surface area contributed by atoms with E-state index in [1.807, 2.05) is 36.5 Å². The highest BCUT2D eigenvalue weighted by atomic mass is 19.1. The van der Waals surface area contributed by atoms with Crippen LogP contribution in [0.4, 0.5) is 15.8 Å². The molecule has 0 spiro atoms. The molecule has 0 aliphatic rings. The van der Waals surface area contributed by atoms with Crippen LogP contribution in [0.2, 0.25) is 0 Å². The van der Waals surface area contributed by atoms with Gasteiger partial charge in [-0.3, -0.25) is 10.1 Å². The molecule has 0 amide bonds. The second-order valence-electron chi connectivity index (χ2n) is 10.7. The van der Waals surface area contributed by atoms with E-state index >= 15 is 0 Å². The Morgan fingerprint density at radius 3 is 2.56 bits per heavy atom. The molecule has 0 atom stereocenters. The first kappa shape index (κ1) is 24.4. The van der Waals surface area contributed by atoms with Gasteiger partial charge in [-0.25, -0.2) is 9.37 Å². The molecule has 7 nitrogen and oxygen atoms in total. The van der Waals surface area contributed by atoms with Crippen molar-refractivity contribution in [2.24, 2.45) is 5.41 Å². The summed E-state index contributed by atoms with van der Waals surface area (Å²) in [4.78, 5) is 12.5. The van der Waals surface area contributed by atoms with Crippen molar-refractivity contribution in [3.8, 4) is 33.6 Å². The molecule has 0 fully saturated rings. The number of hydrogen-bond donors (Lipinski definition) is 4. The number of nitrogens with zero attached hydrogens (tertiary/aromatic N) is 3. The van der Waals surface area contributed by atoms with Gasteiger partial charge >= 0.3 is 0 Å². The third-order valence-electron chi connectivity index (χ3n) is 6.85. The van der Waals surface area contributed by atoms with Crippen LogP contribution in [0.3, 0.4) is 0 Å². The molecule has 0 bridgehead atoms. The number of nitrogens with two attached hydrogens (primary N) is 1. The van der Waals surface area contributed by atoms with Crippen LogP contribution in [-0.4, -0.2) is 25.1 Å². The van der Waals surface area contributed by atoms with Gasteiger partial charge in [0.05, 0.1) is 23.3 Å². The molecular formula is C31H28FN7. The quantitative estimate of drug-likeness (QED) is 0.177. The average molecular weight is 518 g/mol. The van der Waals surface area contributed by atoms with Crippen molar-refractivity contribution in [2.75, 3.05) is 11.1 Å². The summed E-state index contributed by atoms with van der Waals surface area (Å²) in [5.74, 6) is -0.368. The van der Waals surface area contributed by atoms with E-state index in [1.165, 1.54) is 12.1 Å². The smallest absolute Gasteiger partial charge is 0.181 e. The number of aromatic amines is 2. The molecule has 4 aromatic heterocycles. The number of rotatable bonds is 5. The number of pyridine rings is 2. The Morgan fingerprint density at radius 1 is 0.949 bits per heavy atom. The van der Waals surface area contributed by atoms with Gasteiger partial charge in [0.2, 0.25) is 0 Å². The summed E-state index contributed by atoms with van der Waals surface area (Å²) >= 11 is 0. The standard InChI is InChI=1S/C31H28FN7/c1-17(31(2,3)4)36-23-10-19(14-34-16-23)20-11-26-29(38-39-30(26)35-15-20)28-13-25-24(6-5-7-27(25)37-28)18-8-21(32)12-22(33)9-18/h5-16,36-37H,1,33H2,2-4H3,(H,35,38,39). The van der Waals surface area contributed by atoms with Crippen molar-refractivity contribution in [3.05, 3.63) is 91.3 Å². The number of allylic oxidation sites excluding steroid dienone is 1. The molecule has 4 heterocycles. The Bertz CT molecular complexity index is 1850. The van der Waals surface area contributed by atoms with E-state index in [4.69, 9.17) is 5.73 Å². The highest BCUT2D eigenvalue weighted by Gasteiger charge is 2.17. The van der Waals surface area contributed by atoms with E-state index in [-0.39, 0.29) is 11.2 Å². The zero-order chi connectivity index (χ0) is 27.3. The second kappa shape index (κ2) is 9.09.